The maximum Gasteiger partial charge on any atom is 0.229 e. The molecule has 2 rings (SSSR count). The van der Waals surface area contributed by atoms with Crippen molar-refractivity contribution in [2.75, 3.05) is 19.5 Å². The monoisotopic (exact) mass is 349 g/mol. The van der Waals surface area contributed by atoms with E-state index >= 15 is 0 Å². The molecule has 7 heteroatoms. The van der Waals surface area contributed by atoms with Crippen LogP contribution in [0.5, 0.6) is 11.5 Å². The number of anilines is 1. The summed E-state index contributed by atoms with van der Waals surface area (Å²) in [6, 6.07) is 5.75. The lowest BCUT2D eigenvalue weighted by Gasteiger charge is -2.08. The van der Waals surface area contributed by atoms with E-state index in [1.165, 1.54) is 11.3 Å². The van der Waals surface area contributed by atoms with Crippen LogP contribution in [0.25, 0.3) is 0 Å². The third kappa shape index (κ3) is 4.67. The zero-order chi connectivity index (χ0) is 17.5. The van der Waals surface area contributed by atoms with E-state index in [4.69, 9.17) is 9.47 Å². The molecule has 0 unspecified atom stereocenters. The molecule has 0 aliphatic carbocycles. The molecule has 1 atom stereocenters. The number of nitrogens with zero attached hydrogens (tertiary/aromatic N) is 2. The molecule has 130 valence electrons. The van der Waals surface area contributed by atoms with Gasteiger partial charge in [0.15, 0.2) is 11.5 Å². The molecule has 1 N–H and O–H groups in total. The highest BCUT2D eigenvalue weighted by atomic mass is 32.1. The minimum absolute atomic E-state index is 0.00864. The predicted octanol–water partition coefficient (Wildman–Crippen LogP) is 3.52. The predicted molar refractivity (Wildman–Crippen MR) is 95.0 cm³/mol. The molecule has 0 fully saturated rings. The quantitative estimate of drug-likeness (QED) is 0.789. The van der Waals surface area contributed by atoms with Gasteiger partial charge in [-0.2, -0.15) is 0 Å². The Morgan fingerprint density at radius 2 is 2.00 bits per heavy atom. The molecule has 2 aromatic rings. The van der Waals surface area contributed by atoms with E-state index in [1.807, 2.05) is 25.1 Å². The summed E-state index contributed by atoms with van der Waals surface area (Å²) in [7, 11) is 3.22. The summed E-state index contributed by atoms with van der Waals surface area (Å²) < 4.78 is 10.5. The lowest BCUT2D eigenvalue weighted by molar-refractivity contribution is -0.119. The molecule has 0 saturated carbocycles. The summed E-state index contributed by atoms with van der Waals surface area (Å²) in [4.78, 5) is 12.0. The second-order valence-electron chi connectivity index (χ2n) is 5.55. The van der Waals surface area contributed by atoms with Crippen molar-refractivity contribution in [2.24, 2.45) is 5.92 Å². The number of amides is 1. The van der Waals surface area contributed by atoms with Crippen molar-refractivity contribution in [3.63, 3.8) is 0 Å². The molecular formula is C17H23N3O3S. The number of rotatable bonds is 8. The number of hydrogen-bond acceptors (Lipinski definition) is 6. The number of aromatic nitrogens is 2. The van der Waals surface area contributed by atoms with Crippen molar-refractivity contribution in [3.05, 3.63) is 28.8 Å². The number of carbonyl (C=O) groups excluding carboxylic acids is 1. The summed E-state index contributed by atoms with van der Waals surface area (Å²) >= 11 is 1.39. The van der Waals surface area contributed by atoms with Gasteiger partial charge < -0.3 is 14.8 Å². The Bertz CT molecular complexity index is 687. The first-order valence-electron chi connectivity index (χ1n) is 7.91. The van der Waals surface area contributed by atoms with Gasteiger partial charge in [0, 0.05) is 12.3 Å². The second-order valence-corrected chi connectivity index (χ2v) is 6.61. The first kappa shape index (κ1) is 18.2. The number of nitrogens with one attached hydrogen (secondary N) is 1. The van der Waals surface area contributed by atoms with E-state index in [9.17, 15) is 4.79 Å². The first-order valence-corrected chi connectivity index (χ1v) is 8.73. The molecule has 0 spiro atoms. The van der Waals surface area contributed by atoms with Crippen LogP contribution in [-0.4, -0.2) is 30.3 Å². The fourth-order valence-electron chi connectivity index (χ4n) is 2.33. The number of benzene rings is 1. The van der Waals surface area contributed by atoms with Crippen LogP contribution in [0, 0.1) is 5.92 Å². The van der Waals surface area contributed by atoms with E-state index in [-0.39, 0.29) is 11.8 Å². The highest BCUT2D eigenvalue weighted by Crippen LogP contribution is 2.29. The number of ether oxygens (including phenoxy) is 2. The molecular weight excluding hydrogens is 326 g/mol. The summed E-state index contributed by atoms with van der Waals surface area (Å²) in [5.74, 6) is 1.34. The number of carbonyl (C=O) groups is 1. The Morgan fingerprint density at radius 1 is 1.25 bits per heavy atom. The highest BCUT2D eigenvalue weighted by Gasteiger charge is 2.15. The molecule has 0 aliphatic rings. The third-order valence-corrected chi connectivity index (χ3v) is 4.51. The Morgan fingerprint density at radius 3 is 2.67 bits per heavy atom. The molecule has 1 amide bonds. The third-order valence-electron chi connectivity index (χ3n) is 3.67. The van der Waals surface area contributed by atoms with Gasteiger partial charge in [-0.3, -0.25) is 4.79 Å². The van der Waals surface area contributed by atoms with Crippen molar-refractivity contribution < 1.29 is 14.3 Å². The van der Waals surface area contributed by atoms with Crippen LogP contribution in [-0.2, 0) is 11.2 Å². The molecule has 0 bridgehead atoms. The average molecular weight is 349 g/mol. The van der Waals surface area contributed by atoms with Crippen LogP contribution in [0.4, 0.5) is 5.13 Å². The maximum atomic E-state index is 12.0. The zero-order valence-corrected chi connectivity index (χ0v) is 15.3. The van der Waals surface area contributed by atoms with Crippen LogP contribution in [0.1, 0.15) is 37.3 Å². The van der Waals surface area contributed by atoms with Gasteiger partial charge in [0.2, 0.25) is 11.0 Å². The second kappa shape index (κ2) is 8.63. The van der Waals surface area contributed by atoms with Gasteiger partial charge in [-0.25, -0.2) is 0 Å². The number of hydrogen-bond donors (Lipinski definition) is 1. The zero-order valence-electron chi connectivity index (χ0n) is 14.5. The highest BCUT2D eigenvalue weighted by molar-refractivity contribution is 7.15. The van der Waals surface area contributed by atoms with Crippen molar-refractivity contribution in [2.45, 2.75) is 33.1 Å². The summed E-state index contributed by atoms with van der Waals surface area (Å²) in [5.41, 5.74) is 1.04. The average Bonchev–Trinajstić information content (AvgIpc) is 3.01. The standard InChI is InChI=1S/C17H23N3O3S/c1-5-6-11(2)16(21)18-17-20-19-15(24-17)10-12-7-8-13(22-3)14(9-12)23-4/h7-9,11H,5-6,10H2,1-4H3,(H,18,20,21)/t11-/m0/s1. The maximum absolute atomic E-state index is 12.0. The van der Waals surface area contributed by atoms with Crippen molar-refractivity contribution in [1.29, 1.82) is 0 Å². The Hall–Kier alpha value is -2.15. The molecule has 1 aromatic heterocycles. The van der Waals surface area contributed by atoms with Gasteiger partial charge in [0.1, 0.15) is 5.01 Å². The van der Waals surface area contributed by atoms with Gasteiger partial charge >= 0.3 is 0 Å². The van der Waals surface area contributed by atoms with Crippen LogP contribution in [0.3, 0.4) is 0 Å². The Labute approximate surface area is 146 Å². The minimum Gasteiger partial charge on any atom is -0.493 e. The Balaban J connectivity index is 2.02. The van der Waals surface area contributed by atoms with Crippen LogP contribution >= 0.6 is 11.3 Å². The van der Waals surface area contributed by atoms with E-state index < -0.39 is 0 Å². The molecule has 0 aliphatic heterocycles. The van der Waals surface area contributed by atoms with Gasteiger partial charge in [-0.1, -0.05) is 37.7 Å². The van der Waals surface area contributed by atoms with E-state index in [2.05, 4.69) is 22.4 Å². The van der Waals surface area contributed by atoms with Crippen molar-refractivity contribution >= 4 is 22.4 Å². The SMILES string of the molecule is CCC[C@H](C)C(=O)Nc1nnc(Cc2ccc(OC)c(OC)c2)s1. The molecule has 0 radical (unpaired) electrons. The fourth-order valence-corrected chi connectivity index (χ4v) is 3.11. The van der Waals surface area contributed by atoms with Crippen molar-refractivity contribution in [1.82, 2.24) is 10.2 Å². The van der Waals surface area contributed by atoms with Crippen LogP contribution in [0.15, 0.2) is 18.2 Å². The largest absolute Gasteiger partial charge is 0.493 e. The topological polar surface area (TPSA) is 73.3 Å². The molecule has 6 nitrogen and oxygen atoms in total. The fraction of sp³-hybridized carbons (Fsp3) is 0.471. The molecule has 1 heterocycles. The van der Waals surface area contributed by atoms with Crippen LogP contribution < -0.4 is 14.8 Å². The van der Waals surface area contributed by atoms with Gasteiger partial charge in [0.05, 0.1) is 14.2 Å². The lowest BCUT2D eigenvalue weighted by Crippen LogP contribution is -2.20. The van der Waals surface area contributed by atoms with Gasteiger partial charge in [0.25, 0.3) is 0 Å². The van der Waals surface area contributed by atoms with E-state index in [0.29, 0.717) is 23.1 Å². The Kier molecular flexibility index (Phi) is 6.54. The first-order chi connectivity index (χ1) is 11.6. The van der Waals surface area contributed by atoms with E-state index in [1.54, 1.807) is 14.2 Å². The van der Waals surface area contributed by atoms with Gasteiger partial charge in [-0.15, -0.1) is 10.2 Å². The van der Waals surface area contributed by atoms with Gasteiger partial charge in [-0.05, 0) is 24.1 Å². The van der Waals surface area contributed by atoms with E-state index in [0.717, 1.165) is 23.4 Å². The molecule has 0 saturated heterocycles. The smallest absolute Gasteiger partial charge is 0.229 e. The normalized spacial score (nSPS) is 11.8. The number of methoxy groups -OCH3 is 2. The molecule has 1 aromatic carbocycles. The summed E-state index contributed by atoms with van der Waals surface area (Å²) in [5, 5.41) is 12.4. The molecule has 24 heavy (non-hydrogen) atoms. The lowest BCUT2D eigenvalue weighted by atomic mass is 10.1. The van der Waals surface area contributed by atoms with Crippen LogP contribution in [0.2, 0.25) is 0 Å². The summed E-state index contributed by atoms with van der Waals surface area (Å²) in [6.45, 7) is 3.99. The van der Waals surface area contributed by atoms with Crippen molar-refractivity contribution in [3.8, 4) is 11.5 Å². The minimum atomic E-state index is -0.0202. The summed E-state index contributed by atoms with van der Waals surface area (Å²) in [6.07, 6.45) is 2.47.